The van der Waals surface area contributed by atoms with Crippen molar-refractivity contribution in [3.8, 4) is 11.5 Å². The number of carbonyl (C=O) groups excluding carboxylic acids is 1. The summed E-state index contributed by atoms with van der Waals surface area (Å²) in [5, 5.41) is 11.3. The number of carbonyl (C=O) groups is 1. The van der Waals surface area contributed by atoms with Gasteiger partial charge in [-0.25, -0.2) is 4.68 Å². The van der Waals surface area contributed by atoms with Crippen molar-refractivity contribution in [1.82, 2.24) is 20.3 Å². The Morgan fingerprint density at radius 3 is 3.07 bits per heavy atom. The SMILES string of the molecule is COc1cccc2c1OC[C@H](C(=O)NCCCn1nnc3ccccc31)C2. The number of ether oxygens (including phenoxy) is 2. The fourth-order valence-electron chi connectivity index (χ4n) is 3.39. The van der Waals surface area contributed by atoms with Crippen LogP contribution in [0.1, 0.15) is 12.0 Å². The Bertz CT molecular complexity index is 953. The molecule has 0 spiro atoms. The Balaban J connectivity index is 1.29. The van der Waals surface area contributed by atoms with Gasteiger partial charge >= 0.3 is 0 Å². The average Bonchev–Trinajstić information content (AvgIpc) is 3.13. The van der Waals surface area contributed by atoms with Gasteiger partial charge in [-0.2, -0.15) is 0 Å². The predicted molar refractivity (Wildman–Crippen MR) is 101 cm³/mol. The lowest BCUT2D eigenvalue weighted by atomic mass is 9.95. The Hall–Kier alpha value is -3.09. The number of nitrogens with zero attached hydrogens (tertiary/aromatic N) is 3. The van der Waals surface area contributed by atoms with Crippen LogP contribution < -0.4 is 14.8 Å². The van der Waals surface area contributed by atoms with E-state index >= 15 is 0 Å². The summed E-state index contributed by atoms with van der Waals surface area (Å²) in [6.45, 7) is 1.67. The molecule has 7 nitrogen and oxygen atoms in total. The molecule has 1 amide bonds. The van der Waals surface area contributed by atoms with Gasteiger partial charge in [0.05, 0.1) is 18.5 Å². The van der Waals surface area contributed by atoms with E-state index in [1.54, 1.807) is 7.11 Å². The van der Waals surface area contributed by atoms with Gasteiger partial charge < -0.3 is 14.8 Å². The van der Waals surface area contributed by atoms with Gasteiger partial charge in [-0.05, 0) is 36.6 Å². The topological polar surface area (TPSA) is 78.3 Å². The number of amides is 1. The van der Waals surface area contributed by atoms with E-state index in [1.165, 1.54) is 0 Å². The van der Waals surface area contributed by atoms with Crippen molar-refractivity contribution in [2.45, 2.75) is 19.4 Å². The molecule has 0 radical (unpaired) electrons. The zero-order chi connectivity index (χ0) is 18.6. The first kappa shape index (κ1) is 17.3. The molecule has 7 heteroatoms. The van der Waals surface area contributed by atoms with E-state index < -0.39 is 0 Å². The van der Waals surface area contributed by atoms with E-state index in [4.69, 9.17) is 9.47 Å². The van der Waals surface area contributed by atoms with Crippen molar-refractivity contribution in [3.63, 3.8) is 0 Å². The summed E-state index contributed by atoms with van der Waals surface area (Å²) in [5.41, 5.74) is 2.90. The van der Waals surface area contributed by atoms with Crippen molar-refractivity contribution in [3.05, 3.63) is 48.0 Å². The first-order chi connectivity index (χ1) is 13.3. The molecule has 4 rings (SSSR count). The van der Waals surface area contributed by atoms with Crippen LogP contribution in [0.2, 0.25) is 0 Å². The molecule has 0 saturated carbocycles. The van der Waals surface area contributed by atoms with E-state index in [0.717, 1.165) is 28.8 Å². The zero-order valence-electron chi connectivity index (χ0n) is 15.2. The molecule has 3 aromatic rings. The fraction of sp³-hybridized carbons (Fsp3) is 0.350. The number of para-hydroxylation sites is 2. The molecule has 1 atom stereocenters. The third-order valence-corrected chi connectivity index (χ3v) is 4.81. The molecule has 1 aliphatic rings. The molecule has 140 valence electrons. The molecular weight excluding hydrogens is 344 g/mol. The second-order valence-electron chi connectivity index (χ2n) is 6.61. The van der Waals surface area contributed by atoms with E-state index in [9.17, 15) is 4.79 Å². The molecule has 1 aromatic heterocycles. The minimum absolute atomic E-state index is 0.0203. The van der Waals surface area contributed by atoms with Crippen molar-refractivity contribution in [1.29, 1.82) is 0 Å². The maximum Gasteiger partial charge on any atom is 0.226 e. The van der Waals surface area contributed by atoms with Crippen LogP contribution in [0.4, 0.5) is 0 Å². The molecule has 0 bridgehead atoms. The molecule has 1 aliphatic heterocycles. The smallest absolute Gasteiger partial charge is 0.226 e. The van der Waals surface area contributed by atoms with Gasteiger partial charge in [0, 0.05) is 13.1 Å². The van der Waals surface area contributed by atoms with Gasteiger partial charge in [0.25, 0.3) is 0 Å². The third kappa shape index (κ3) is 3.58. The van der Waals surface area contributed by atoms with Gasteiger partial charge in [-0.15, -0.1) is 5.10 Å². The highest BCUT2D eigenvalue weighted by atomic mass is 16.5. The van der Waals surface area contributed by atoms with E-state index in [0.29, 0.717) is 31.9 Å². The number of hydrogen-bond acceptors (Lipinski definition) is 5. The highest BCUT2D eigenvalue weighted by molar-refractivity contribution is 5.79. The van der Waals surface area contributed by atoms with Crippen LogP contribution in [-0.4, -0.2) is 41.2 Å². The first-order valence-electron chi connectivity index (χ1n) is 9.11. The van der Waals surface area contributed by atoms with Crippen LogP contribution in [0, 0.1) is 5.92 Å². The van der Waals surface area contributed by atoms with Crippen LogP contribution in [0.15, 0.2) is 42.5 Å². The number of nitrogens with one attached hydrogen (secondary N) is 1. The fourth-order valence-corrected chi connectivity index (χ4v) is 3.39. The standard InChI is InChI=1S/C20H22N4O3/c1-26-18-9-4-6-14-12-15(13-27-19(14)18)20(25)21-10-5-11-24-17-8-3-2-7-16(17)22-23-24/h2-4,6-9,15H,5,10-13H2,1H3,(H,21,25)/t15-/m1/s1. The minimum Gasteiger partial charge on any atom is -0.493 e. The second kappa shape index (κ2) is 7.65. The van der Waals surface area contributed by atoms with Crippen molar-refractivity contribution < 1.29 is 14.3 Å². The summed E-state index contributed by atoms with van der Waals surface area (Å²) < 4.78 is 13.0. The molecule has 0 saturated heterocycles. The van der Waals surface area contributed by atoms with Crippen LogP contribution in [0.3, 0.4) is 0 Å². The Morgan fingerprint density at radius 1 is 1.30 bits per heavy atom. The largest absolute Gasteiger partial charge is 0.493 e. The maximum absolute atomic E-state index is 12.5. The predicted octanol–water partition coefficient (Wildman–Crippen LogP) is 2.20. The molecule has 27 heavy (non-hydrogen) atoms. The molecule has 2 heterocycles. The molecule has 1 N–H and O–H groups in total. The lowest BCUT2D eigenvalue weighted by Gasteiger charge is -2.25. The summed E-state index contributed by atoms with van der Waals surface area (Å²) in [6.07, 6.45) is 1.45. The second-order valence-corrected chi connectivity index (χ2v) is 6.61. The monoisotopic (exact) mass is 366 g/mol. The van der Waals surface area contributed by atoms with Crippen molar-refractivity contribution >= 4 is 16.9 Å². The van der Waals surface area contributed by atoms with Crippen LogP contribution >= 0.6 is 0 Å². The van der Waals surface area contributed by atoms with Gasteiger partial charge in [0.15, 0.2) is 11.5 Å². The number of aryl methyl sites for hydroxylation is 1. The number of hydrogen-bond donors (Lipinski definition) is 1. The minimum atomic E-state index is -0.184. The van der Waals surface area contributed by atoms with Gasteiger partial charge in [0.1, 0.15) is 12.1 Å². The van der Waals surface area contributed by atoms with Crippen LogP contribution in [-0.2, 0) is 17.8 Å². The lowest BCUT2D eigenvalue weighted by Crippen LogP contribution is -2.38. The Labute approximate surface area is 157 Å². The van der Waals surface area contributed by atoms with Gasteiger partial charge in [-0.3, -0.25) is 4.79 Å². The van der Waals surface area contributed by atoms with Crippen molar-refractivity contribution in [2.75, 3.05) is 20.3 Å². The van der Waals surface area contributed by atoms with E-state index in [-0.39, 0.29) is 11.8 Å². The molecule has 0 fully saturated rings. The summed E-state index contributed by atoms with van der Waals surface area (Å²) in [5.74, 6) is 1.30. The van der Waals surface area contributed by atoms with E-state index in [1.807, 2.05) is 47.1 Å². The summed E-state index contributed by atoms with van der Waals surface area (Å²) in [6, 6.07) is 13.6. The summed E-state index contributed by atoms with van der Waals surface area (Å²) in [4.78, 5) is 12.5. The number of benzene rings is 2. The zero-order valence-corrected chi connectivity index (χ0v) is 15.2. The maximum atomic E-state index is 12.5. The Morgan fingerprint density at radius 2 is 2.19 bits per heavy atom. The number of methoxy groups -OCH3 is 1. The lowest BCUT2D eigenvalue weighted by molar-refractivity contribution is -0.126. The van der Waals surface area contributed by atoms with Crippen LogP contribution in [0.5, 0.6) is 11.5 Å². The molecule has 0 unspecified atom stereocenters. The average molecular weight is 366 g/mol. The highest BCUT2D eigenvalue weighted by Gasteiger charge is 2.27. The Kier molecular flexibility index (Phi) is 4.91. The third-order valence-electron chi connectivity index (χ3n) is 4.81. The molecule has 2 aromatic carbocycles. The highest BCUT2D eigenvalue weighted by Crippen LogP contribution is 2.35. The van der Waals surface area contributed by atoms with Crippen LogP contribution in [0.25, 0.3) is 11.0 Å². The number of fused-ring (bicyclic) bond motifs is 2. The van der Waals surface area contributed by atoms with Crippen molar-refractivity contribution in [2.24, 2.45) is 5.92 Å². The quantitative estimate of drug-likeness (QED) is 0.677. The number of rotatable bonds is 6. The van der Waals surface area contributed by atoms with E-state index in [2.05, 4.69) is 15.6 Å². The van der Waals surface area contributed by atoms with Gasteiger partial charge in [0.2, 0.25) is 5.91 Å². The normalized spacial score (nSPS) is 15.8. The summed E-state index contributed by atoms with van der Waals surface area (Å²) >= 11 is 0. The molecular formula is C20H22N4O3. The number of aromatic nitrogens is 3. The first-order valence-corrected chi connectivity index (χ1v) is 9.11. The summed E-state index contributed by atoms with van der Waals surface area (Å²) in [7, 11) is 1.62. The van der Waals surface area contributed by atoms with Gasteiger partial charge in [-0.1, -0.05) is 29.5 Å². The molecule has 0 aliphatic carbocycles.